The summed E-state index contributed by atoms with van der Waals surface area (Å²) in [7, 11) is -2.95. The van der Waals surface area contributed by atoms with Crippen LogP contribution in [0.4, 0.5) is 20.2 Å². The maximum atomic E-state index is 13.4. The van der Waals surface area contributed by atoms with Gasteiger partial charge in [0.1, 0.15) is 16.4 Å². The summed E-state index contributed by atoms with van der Waals surface area (Å²) in [4.78, 5) is 12.4. The van der Waals surface area contributed by atoms with E-state index in [1.807, 2.05) is 6.92 Å². The average Bonchev–Trinajstić information content (AvgIpc) is 2.83. The van der Waals surface area contributed by atoms with E-state index in [0.717, 1.165) is 9.87 Å². The van der Waals surface area contributed by atoms with Crippen molar-refractivity contribution in [3.8, 4) is 11.5 Å². The van der Waals surface area contributed by atoms with Crippen molar-refractivity contribution in [3.63, 3.8) is 0 Å². The van der Waals surface area contributed by atoms with Gasteiger partial charge in [-0.25, -0.2) is 8.42 Å². The number of amides is 1. The van der Waals surface area contributed by atoms with Crippen molar-refractivity contribution in [2.24, 2.45) is 0 Å². The largest absolute Gasteiger partial charge is 0.492 e. The molecule has 0 spiro atoms. The summed E-state index contributed by atoms with van der Waals surface area (Å²) in [6.45, 7) is 4.25. The first-order valence-corrected chi connectivity index (χ1v) is 12.7. The van der Waals surface area contributed by atoms with Crippen LogP contribution >= 0.6 is 0 Å². The third-order valence-corrected chi connectivity index (χ3v) is 7.09. The number of anilines is 2. The number of nitrogens with zero attached hydrogens (tertiary/aromatic N) is 1. The summed E-state index contributed by atoms with van der Waals surface area (Å²) in [6, 6.07) is 16.0. The Labute approximate surface area is 214 Å². The summed E-state index contributed by atoms with van der Waals surface area (Å²) in [5.74, 6) is -0.949. The highest BCUT2D eigenvalue weighted by Crippen LogP contribution is 2.33. The smallest absolute Gasteiger partial charge is 0.394 e. The van der Waals surface area contributed by atoms with E-state index in [1.165, 1.54) is 49.5 Å². The van der Waals surface area contributed by atoms with E-state index in [2.05, 4.69) is 10.1 Å². The number of sulfonamides is 1. The molecule has 37 heavy (non-hydrogen) atoms. The number of hydrogen-bond donors (Lipinski definition) is 2. The van der Waals surface area contributed by atoms with Crippen LogP contribution in [0.2, 0.25) is 0 Å². The summed E-state index contributed by atoms with van der Waals surface area (Å²) in [5, 5.41) is 12.9. The molecule has 0 fully saturated rings. The van der Waals surface area contributed by atoms with Crippen LogP contribution < -0.4 is 19.1 Å². The second-order valence-electron chi connectivity index (χ2n) is 8.28. The zero-order chi connectivity index (χ0) is 27.4. The van der Waals surface area contributed by atoms with Crippen molar-refractivity contribution in [2.75, 3.05) is 23.3 Å². The molecule has 0 aromatic heterocycles. The van der Waals surface area contributed by atoms with Crippen molar-refractivity contribution >= 4 is 27.3 Å². The molecule has 0 aliphatic carbocycles. The molecule has 3 aromatic rings. The van der Waals surface area contributed by atoms with Gasteiger partial charge in [-0.15, -0.1) is 0 Å². The van der Waals surface area contributed by atoms with Crippen LogP contribution in [0.15, 0.2) is 71.6 Å². The Morgan fingerprint density at radius 3 is 2.41 bits per heavy atom. The number of rotatable bonds is 10. The number of halogens is 2. The number of carbonyl (C=O) groups is 1. The van der Waals surface area contributed by atoms with E-state index in [4.69, 9.17) is 4.74 Å². The molecule has 0 aliphatic rings. The molecule has 0 saturated carbocycles. The van der Waals surface area contributed by atoms with Gasteiger partial charge >= 0.3 is 6.11 Å². The molecule has 0 radical (unpaired) electrons. The van der Waals surface area contributed by atoms with Crippen LogP contribution in [0, 0.1) is 6.92 Å². The molecule has 1 amide bonds. The SMILES string of the molecule is CCOc1cc(NC(=O)C(O)c2ccc(C)cc2)ccc1S(=O)(=O)N(C)c1cccc(OC(C)(F)F)c1. The minimum Gasteiger partial charge on any atom is -0.492 e. The lowest BCUT2D eigenvalue weighted by atomic mass is 10.1. The topological polar surface area (TPSA) is 105 Å². The standard InChI is InChI=1S/C26H28F2N2O6S/c1-5-35-22-15-19(29-25(32)24(31)18-11-9-17(2)10-12-18)13-14-23(22)37(33,34)30(4)20-7-6-8-21(16-20)36-26(3,27)28/h6-16,24,31H,5H2,1-4H3,(H,29,32). The molecule has 0 bridgehead atoms. The van der Waals surface area contributed by atoms with Crippen LogP contribution in [0.3, 0.4) is 0 Å². The van der Waals surface area contributed by atoms with E-state index in [0.29, 0.717) is 12.5 Å². The van der Waals surface area contributed by atoms with Gasteiger partial charge in [-0.1, -0.05) is 35.9 Å². The average molecular weight is 535 g/mol. The number of alkyl halides is 2. The first kappa shape index (κ1) is 27.9. The van der Waals surface area contributed by atoms with Crippen LogP contribution in [-0.4, -0.2) is 39.2 Å². The Kier molecular flexibility index (Phi) is 8.39. The van der Waals surface area contributed by atoms with Gasteiger partial charge in [0.15, 0.2) is 6.10 Å². The molecular weight excluding hydrogens is 506 g/mol. The Hall–Kier alpha value is -3.70. The summed E-state index contributed by atoms with van der Waals surface area (Å²) in [5.41, 5.74) is 1.67. The van der Waals surface area contributed by atoms with Crippen molar-refractivity contribution in [3.05, 3.63) is 77.9 Å². The fourth-order valence-corrected chi connectivity index (χ4v) is 4.71. The summed E-state index contributed by atoms with van der Waals surface area (Å²) >= 11 is 0. The highest BCUT2D eigenvalue weighted by atomic mass is 32.2. The van der Waals surface area contributed by atoms with Gasteiger partial charge in [0.2, 0.25) is 0 Å². The Morgan fingerprint density at radius 1 is 1.11 bits per heavy atom. The highest BCUT2D eigenvalue weighted by Gasteiger charge is 2.28. The third kappa shape index (κ3) is 6.95. The Balaban J connectivity index is 1.87. The van der Waals surface area contributed by atoms with Gasteiger partial charge in [-0.05, 0) is 43.7 Å². The second kappa shape index (κ2) is 11.1. The zero-order valence-electron chi connectivity index (χ0n) is 20.7. The van der Waals surface area contributed by atoms with Crippen molar-refractivity contribution in [1.29, 1.82) is 0 Å². The fourth-order valence-electron chi connectivity index (χ4n) is 3.41. The normalized spacial score (nSPS) is 12.5. The van der Waals surface area contributed by atoms with E-state index >= 15 is 0 Å². The maximum absolute atomic E-state index is 13.4. The lowest BCUT2D eigenvalue weighted by Gasteiger charge is -2.22. The predicted molar refractivity (Wildman–Crippen MR) is 136 cm³/mol. The molecule has 11 heteroatoms. The minimum absolute atomic E-state index is 0.0375. The van der Waals surface area contributed by atoms with Gasteiger partial charge in [-0.3, -0.25) is 9.10 Å². The van der Waals surface area contributed by atoms with Crippen LogP contribution in [-0.2, 0) is 14.8 Å². The molecular formula is C26H28F2N2O6S. The molecule has 0 aliphatic heterocycles. The third-order valence-electron chi connectivity index (χ3n) is 5.27. The van der Waals surface area contributed by atoms with Gasteiger partial charge < -0.3 is 19.9 Å². The summed E-state index contributed by atoms with van der Waals surface area (Å²) < 4.78 is 64.3. The van der Waals surface area contributed by atoms with E-state index < -0.39 is 28.1 Å². The van der Waals surface area contributed by atoms with Gasteiger partial charge in [0.25, 0.3) is 15.9 Å². The van der Waals surface area contributed by atoms with E-state index in [1.54, 1.807) is 31.2 Å². The number of nitrogens with one attached hydrogen (secondary N) is 1. The first-order valence-electron chi connectivity index (χ1n) is 11.3. The predicted octanol–water partition coefficient (Wildman–Crippen LogP) is 4.88. The number of aliphatic hydroxyl groups is 1. The van der Waals surface area contributed by atoms with Crippen molar-refractivity contribution < 1.29 is 36.6 Å². The van der Waals surface area contributed by atoms with Crippen molar-refractivity contribution in [1.82, 2.24) is 0 Å². The molecule has 0 saturated heterocycles. The zero-order valence-corrected chi connectivity index (χ0v) is 21.6. The highest BCUT2D eigenvalue weighted by molar-refractivity contribution is 7.92. The second-order valence-corrected chi connectivity index (χ2v) is 10.2. The maximum Gasteiger partial charge on any atom is 0.394 e. The number of ether oxygens (including phenoxy) is 2. The molecule has 1 atom stereocenters. The van der Waals surface area contributed by atoms with Gasteiger partial charge in [-0.2, -0.15) is 8.78 Å². The van der Waals surface area contributed by atoms with Crippen LogP contribution in [0.1, 0.15) is 31.1 Å². The van der Waals surface area contributed by atoms with Crippen LogP contribution in [0.5, 0.6) is 11.5 Å². The number of aliphatic hydroxyl groups excluding tert-OH is 1. The summed E-state index contributed by atoms with van der Waals surface area (Å²) in [6.07, 6.45) is -4.87. The monoisotopic (exact) mass is 534 g/mol. The number of benzene rings is 3. The van der Waals surface area contributed by atoms with Gasteiger partial charge in [0, 0.05) is 31.8 Å². The number of hydrogen-bond acceptors (Lipinski definition) is 6. The number of carbonyl (C=O) groups excluding carboxylic acids is 1. The molecule has 198 valence electrons. The molecule has 8 nitrogen and oxygen atoms in total. The quantitative estimate of drug-likeness (QED) is 0.384. The lowest BCUT2D eigenvalue weighted by molar-refractivity contribution is -0.158. The Bertz CT molecular complexity index is 1360. The molecule has 0 heterocycles. The minimum atomic E-state index is -4.21. The molecule has 3 rings (SSSR count). The molecule has 2 N–H and O–H groups in total. The van der Waals surface area contributed by atoms with Crippen LogP contribution in [0.25, 0.3) is 0 Å². The lowest BCUT2D eigenvalue weighted by Crippen LogP contribution is -2.27. The Morgan fingerprint density at radius 2 is 1.78 bits per heavy atom. The molecule has 1 unspecified atom stereocenters. The fraction of sp³-hybridized carbons (Fsp3) is 0.269. The molecule has 3 aromatic carbocycles. The number of aryl methyl sites for hydroxylation is 1. The van der Waals surface area contributed by atoms with E-state index in [-0.39, 0.29) is 34.4 Å². The van der Waals surface area contributed by atoms with Gasteiger partial charge in [0.05, 0.1) is 12.3 Å². The van der Waals surface area contributed by atoms with Crippen molar-refractivity contribution in [2.45, 2.75) is 37.9 Å². The van der Waals surface area contributed by atoms with E-state index in [9.17, 15) is 27.1 Å². The first-order chi connectivity index (χ1) is 17.3.